The highest BCUT2D eigenvalue weighted by molar-refractivity contribution is 8.18. The van der Waals surface area contributed by atoms with Gasteiger partial charge in [0.15, 0.2) is 11.1 Å². The number of nitrogens with zero attached hydrogens (tertiary/aromatic N) is 2. The summed E-state index contributed by atoms with van der Waals surface area (Å²) in [6.45, 7) is 2.01. The molecule has 2 aliphatic heterocycles. The van der Waals surface area contributed by atoms with Crippen molar-refractivity contribution in [2.45, 2.75) is 19.3 Å². The number of carbonyl (C=O) groups excluding carboxylic acids is 1. The van der Waals surface area contributed by atoms with Gasteiger partial charge in [-0.2, -0.15) is 0 Å². The number of benzene rings is 1. The second-order valence-electron chi connectivity index (χ2n) is 6.18. The lowest BCUT2D eigenvalue weighted by Crippen LogP contribution is -2.28. The number of carbonyl (C=O) groups is 1. The molecule has 1 aromatic heterocycles. The molecule has 0 spiro atoms. The van der Waals surface area contributed by atoms with Crippen LogP contribution in [-0.4, -0.2) is 24.2 Å². The maximum atomic E-state index is 13.0. The molecule has 0 saturated carbocycles. The molecule has 1 amide bonds. The van der Waals surface area contributed by atoms with Crippen molar-refractivity contribution < 1.29 is 13.6 Å². The number of hydrogen-bond donors (Lipinski definition) is 1. The lowest BCUT2D eigenvalue weighted by Gasteiger charge is -2.25. The Morgan fingerprint density at radius 2 is 1.88 bits per heavy atom. The van der Waals surface area contributed by atoms with Gasteiger partial charge in [-0.1, -0.05) is 0 Å². The number of halogens is 1. The Morgan fingerprint density at radius 3 is 2.65 bits per heavy atom. The number of amidine groups is 1. The molecule has 2 aromatic rings. The molecule has 3 heterocycles. The van der Waals surface area contributed by atoms with E-state index in [0.29, 0.717) is 21.5 Å². The van der Waals surface area contributed by atoms with E-state index in [4.69, 9.17) is 4.42 Å². The van der Waals surface area contributed by atoms with Crippen LogP contribution in [0.5, 0.6) is 0 Å². The van der Waals surface area contributed by atoms with Crippen molar-refractivity contribution in [2.24, 2.45) is 4.99 Å². The molecular weight excluding hydrogens is 353 g/mol. The first-order valence-corrected chi connectivity index (χ1v) is 9.39. The zero-order valence-corrected chi connectivity index (χ0v) is 14.9. The van der Waals surface area contributed by atoms with E-state index in [2.05, 4.69) is 15.2 Å². The largest absolute Gasteiger partial charge is 0.441 e. The predicted molar refractivity (Wildman–Crippen MR) is 102 cm³/mol. The van der Waals surface area contributed by atoms with E-state index >= 15 is 0 Å². The summed E-state index contributed by atoms with van der Waals surface area (Å²) < 4.78 is 18.8. The van der Waals surface area contributed by atoms with Gasteiger partial charge < -0.3 is 14.6 Å². The molecule has 2 saturated heterocycles. The molecule has 4 rings (SSSR count). The zero-order chi connectivity index (χ0) is 17.9. The van der Waals surface area contributed by atoms with Crippen LogP contribution in [0.2, 0.25) is 0 Å². The summed E-state index contributed by atoms with van der Waals surface area (Å²) in [5.41, 5.74) is 0.584. The van der Waals surface area contributed by atoms with Gasteiger partial charge in [0.05, 0.1) is 10.6 Å². The average molecular weight is 371 g/mol. The Kier molecular flexibility index (Phi) is 4.79. The van der Waals surface area contributed by atoms with Gasteiger partial charge in [0.2, 0.25) is 0 Å². The second-order valence-corrected chi connectivity index (χ2v) is 7.21. The Morgan fingerprint density at radius 1 is 1.12 bits per heavy atom. The number of furan rings is 1. The van der Waals surface area contributed by atoms with Crippen LogP contribution < -0.4 is 10.2 Å². The summed E-state index contributed by atoms with van der Waals surface area (Å²) >= 11 is 1.24. The number of hydrogen-bond acceptors (Lipinski definition) is 5. The maximum absolute atomic E-state index is 13.0. The van der Waals surface area contributed by atoms with Gasteiger partial charge in [-0.05, 0) is 61.4 Å². The Labute approximate surface area is 155 Å². The fourth-order valence-corrected chi connectivity index (χ4v) is 3.77. The van der Waals surface area contributed by atoms with E-state index in [1.54, 1.807) is 18.2 Å². The third-order valence-corrected chi connectivity index (χ3v) is 5.17. The minimum Gasteiger partial charge on any atom is -0.441 e. The molecule has 0 radical (unpaired) electrons. The first kappa shape index (κ1) is 16.9. The van der Waals surface area contributed by atoms with Crippen LogP contribution in [0.1, 0.15) is 25.0 Å². The molecule has 0 unspecified atom stereocenters. The van der Waals surface area contributed by atoms with Crippen molar-refractivity contribution in [3.63, 3.8) is 0 Å². The summed E-state index contributed by atoms with van der Waals surface area (Å²) in [5.74, 6) is 0.957. The van der Waals surface area contributed by atoms with Crippen LogP contribution >= 0.6 is 11.8 Å². The number of piperidine rings is 1. The lowest BCUT2D eigenvalue weighted by molar-refractivity contribution is -0.115. The third kappa shape index (κ3) is 3.83. The van der Waals surface area contributed by atoms with Crippen molar-refractivity contribution in [3.8, 4) is 0 Å². The van der Waals surface area contributed by atoms with Crippen LogP contribution in [0.3, 0.4) is 0 Å². The standard InChI is InChI=1S/C19H18FN3O2S/c20-13-4-6-14(7-5-13)21-19-22-18(24)16(26-19)12-15-8-9-17(25-15)23-10-2-1-3-11-23/h4-9,12H,1-3,10-11H2,(H,21,22,24)/b16-12+. The highest BCUT2D eigenvalue weighted by Gasteiger charge is 2.24. The Balaban J connectivity index is 1.48. The number of amides is 1. The highest BCUT2D eigenvalue weighted by Crippen LogP contribution is 2.30. The van der Waals surface area contributed by atoms with Gasteiger partial charge in [0, 0.05) is 25.2 Å². The fourth-order valence-electron chi connectivity index (χ4n) is 2.95. The SMILES string of the molecule is O=C1NC(=Nc2ccc(F)cc2)S/C1=C/c1ccc(N2CCCCC2)o1. The molecule has 1 N–H and O–H groups in total. The number of thioether (sulfide) groups is 1. The number of rotatable bonds is 3. The summed E-state index contributed by atoms with van der Waals surface area (Å²) in [7, 11) is 0. The lowest BCUT2D eigenvalue weighted by atomic mass is 10.1. The van der Waals surface area contributed by atoms with Gasteiger partial charge in [0.25, 0.3) is 5.91 Å². The number of aliphatic imine (C=N–C) groups is 1. The second kappa shape index (κ2) is 7.37. The molecule has 26 heavy (non-hydrogen) atoms. The van der Waals surface area contributed by atoms with Crippen molar-refractivity contribution in [3.05, 3.63) is 52.9 Å². The van der Waals surface area contributed by atoms with E-state index in [0.717, 1.165) is 19.0 Å². The average Bonchev–Trinajstić information content (AvgIpc) is 3.25. The summed E-state index contributed by atoms with van der Waals surface area (Å²) in [6.07, 6.45) is 5.35. The van der Waals surface area contributed by atoms with Gasteiger partial charge in [0.1, 0.15) is 11.6 Å². The van der Waals surface area contributed by atoms with Gasteiger partial charge in [-0.15, -0.1) is 0 Å². The van der Waals surface area contributed by atoms with Crippen molar-refractivity contribution in [1.29, 1.82) is 0 Å². The normalized spacial score (nSPS) is 20.8. The van der Waals surface area contributed by atoms with Crippen molar-refractivity contribution in [2.75, 3.05) is 18.0 Å². The van der Waals surface area contributed by atoms with Gasteiger partial charge in [-0.3, -0.25) is 4.79 Å². The van der Waals surface area contributed by atoms with E-state index in [1.165, 1.54) is 43.2 Å². The van der Waals surface area contributed by atoms with Crippen LogP contribution in [0.4, 0.5) is 16.0 Å². The van der Waals surface area contributed by atoms with Crippen LogP contribution in [0.25, 0.3) is 6.08 Å². The summed E-state index contributed by atoms with van der Waals surface area (Å²) in [6, 6.07) is 9.62. The molecule has 1 aromatic carbocycles. The minimum atomic E-state index is -0.319. The molecule has 0 bridgehead atoms. The highest BCUT2D eigenvalue weighted by atomic mass is 32.2. The van der Waals surface area contributed by atoms with Crippen LogP contribution in [0, 0.1) is 5.82 Å². The predicted octanol–water partition coefficient (Wildman–Crippen LogP) is 4.30. The Bertz CT molecular complexity index is 867. The molecule has 0 atom stereocenters. The van der Waals surface area contributed by atoms with Crippen LogP contribution in [-0.2, 0) is 4.79 Å². The quantitative estimate of drug-likeness (QED) is 0.818. The number of anilines is 1. The molecular formula is C19H18FN3O2S. The number of nitrogens with one attached hydrogen (secondary N) is 1. The van der Waals surface area contributed by atoms with Crippen molar-refractivity contribution >= 4 is 40.5 Å². The first-order chi connectivity index (χ1) is 12.7. The molecule has 2 aliphatic rings. The monoisotopic (exact) mass is 371 g/mol. The third-order valence-electron chi connectivity index (χ3n) is 4.26. The van der Waals surface area contributed by atoms with Crippen molar-refractivity contribution in [1.82, 2.24) is 5.32 Å². The van der Waals surface area contributed by atoms with E-state index in [-0.39, 0.29) is 11.7 Å². The Hall–Kier alpha value is -2.54. The van der Waals surface area contributed by atoms with E-state index in [1.807, 2.05) is 12.1 Å². The summed E-state index contributed by atoms with van der Waals surface area (Å²) in [4.78, 5) is 19.2. The molecule has 5 nitrogen and oxygen atoms in total. The zero-order valence-electron chi connectivity index (χ0n) is 14.1. The molecule has 0 aliphatic carbocycles. The molecule has 134 valence electrons. The maximum Gasteiger partial charge on any atom is 0.264 e. The van der Waals surface area contributed by atoms with E-state index < -0.39 is 0 Å². The minimum absolute atomic E-state index is 0.216. The molecule has 2 fully saturated rings. The topological polar surface area (TPSA) is 57.8 Å². The summed E-state index contributed by atoms with van der Waals surface area (Å²) in [5, 5.41) is 3.19. The van der Waals surface area contributed by atoms with Crippen LogP contribution in [0.15, 0.2) is 50.7 Å². The van der Waals surface area contributed by atoms with E-state index in [9.17, 15) is 9.18 Å². The van der Waals surface area contributed by atoms with Gasteiger partial charge in [-0.25, -0.2) is 9.38 Å². The fraction of sp³-hybridized carbons (Fsp3) is 0.263. The van der Waals surface area contributed by atoms with Gasteiger partial charge >= 0.3 is 0 Å². The smallest absolute Gasteiger partial charge is 0.264 e. The molecule has 7 heteroatoms. The first-order valence-electron chi connectivity index (χ1n) is 8.57.